The van der Waals surface area contributed by atoms with Crippen LogP contribution >= 0.6 is 0 Å². The van der Waals surface area contributed by atoms with Crippen molar-refractivity contribution >= 4 is 5.91 Å². The largest absolute Gasteiger partial charge is 0.496 e. The summed E-state index contributed by atoms with van der Waals surface area (Å²) >= 11 is 0. The maximum absolute atomic E-state index is 12.3. The molecular formula is C14H18N2O2. The number of carbonyl (C=O) groups is 1. The van der Waals surface area contributed by atoms with Crippen LogP contribution in [0.2, 0.25) is 0 Å². The molecule has 1 aromatic carbocycles. The van der Waals surface area contributed by atoms with Crippen molar-refractivity contribution in [3.63, 3.8) is 0 Å². The monoisotopic (exact) mass is 246 g/mol. The zero-order valence-corrected chi connectivity index (χ0v) is 11.2. The van der Waals surface area contributed by atoms with E-state index in [2.05, 4.69) is 6.07 Å². The molecule has 1 unspecified atom stereocenters. The molecule has 1 rings (SSSR count). The predicted molar refractivity (Wildman–Crippen MR) is 69.5 cm³/mol. The molecule has 96 valence electrons. The fourth-order valence-electron chi connectivity index (χ4n) is 1.65. The predicted octanol–water partition coefficient (Wildman–Crippen LogP) is 2.38. The number of nitriles is 1. The molecule has 0 saturated carbocycles. The van der Waals surface area contributed by atoms with Crippen molar-refractivity contribution in [3.05, 3.63) is 29.3 Å². The molecule has 0 aliphatic rings. The van der Waals surface area contributed by atoms with Gasteiger partial charge < -0.3 is 9.64 Å². The number of methoxy groups -OCH3 is 1. The Morgan fingerprint density at radius 3 is 2.78 bits per heavy atom. The Kier molecular flexibility index (Phi) is 4.73. The molecule has 18 heavy (non-hydrogen) atoms. The van der Waals surface area contributed by atoms with E-state index in [0.717, 1.165) is 5.56 Å². The number of hydrogen-bond donors (Lipinski definition) is 0. The van der Waals surface area contributed by atoms with Gasteiger partial charge in [0, 0.05) is 13.1 Å². The van der Waals surface area contributed by atoms with Gasteiger partial charge in [-0.1, -0.05) is 11.6 Å². The molecule has 4 nitrogen and oxygen atoms in total. The summed E-state index contributed by atoms with van der Waals surface area (Å²) in [6.45, 7) is 3.78. The van der Waals surface area contributed by atoms with Crippen molar-refractivity contribution < 1.29 is 9.53 Å². The molecule has 0 saturated heterocycles. The number of amides is 1. The van der Waals surface area contributed by atoms with Crippen molar-refractivity contribution in [2.24, 2.45) is 0 Å². The average molecular weight is 246 g/mol. The molecule has 0 radical (unpaired) electrons. The minimum Gasteiger partial charge on any atom is -0.496 e. The van der Waals surface area contributed by atoms with Gasteiger partial charge in [-0.3, -0.25) is 4.79 Å². The minimum atomic E-state index is -0.127. The van der Waals surface area contributed by atoms with Gasteiger partial charge in [-0.2, -0.15) is 5.26 Å². The first kappa shape index (κ1) is 14.0. The molecule has 1 atom stereocenters. The Bertz CT molecular complexity index is 477. The molecule has 0 aliphatic heterocycles. The highest BCUT2D eigenvalue weighted by Crippen LogP contribution is 2.22. The molecule has 1 aromatic rings. The first-order valence-electron chi connectivity index (χ1n) is 5.80. The Labute approximate surface area is 108 Å². The summed E-state index contributed by atoms with van der Waals surface area (Å²) in [6, 6.07) is 7.43. The van der Waals surface area contributed by atoms with E-state index in [4.69, 9.17) is 10.00 Å². The van der Waals surface area contributed by atoms with Gasteiger partial charge in [0.1, 0.15) is 5.75 Å². The van der Waals surface area contributed by atoms with Gasteiger partial charge in [-0.05, 0) is 26.0 Å². The summed E-state index contributed by atoms with van der Waals surface area (Å²) < 4.78 is 5.20. The quantitative estimate of drug-likeness (QED) is 0.819. The molecule has 0 N–H and O–H groups in total. The first-order chi connectivity index (χ1) is 8.51. The molecule has 0 bridgehead atoms. The highest BCUT2D eigenvalue weighted by atomic mass is 16.5. The van der Waals surface area contributed by atoms with E-state index in [1.54, 1.807) is 31.2 Å². The van der Waals surface area contributed by atoms with Gasteiger partial charge in [0.25, 0.3) is 5.91 Å². The number of rotatable bonds is 4. The zero-order valence-electron chi connectivity index (χ0n) is 11.2. The standard InChI is InChI=1S/C14H18N2O2/c1-10-5-6-13(18-4)12(9-10)14(17)16(3)11(2)7-8-15/h5-6,9,11H,7H2,1-4H3. The Morgan fingerprint density at radius 2 is 2.22 bits per heavy atom. The smallest absolute Gasteiger partial charge is 0.257 e. The summed E-state index contributed by atoms with van der Waals surface area (Å²) in [7, 11) is 3.24. The molecule has 0 spiro atoms. The van der Waals surface area contributed by atoms with E-state index < -0.39 is 0 Å². The average Bonchev–Trinajstić information content (AvgIpc) is 2.37. The maximum Gasteiger partial charge on any atom is 0.257 e. The van der Waals surface area contributed by atoms with Crippen LogP contribution in [0.25, 0.3) is 0 Å². The van der Waals surface area contributed by atoms with Crippen LogP contribution < -0.4 is 4.74 Å². The van der Waals surface area contributed by atoms with E-state index in [9.17, 15) is 4.79 Å². The first-order valence-corrected chi connectivity index (χ1v) is 5.80. The highest BCUT2D eigenvalue weighted by Gasteiger charge is 2.20. The van der Waals surface area contributed by atoms with Crippen LogP contribution in [0, 0.1) is 18.3 Å². The lowest BCUT2D eigenvalue weighted by atomic mass is 10.1. The lowest BCUT2D eigenvalue weighted by molar-refractivity contribution is 0.0743. The molecule has 0 aromatic heterocycles. The van der Waals surface area contributed by atoms with Gasteiger partial charge in [0.15, 0.2) is 0 Å². The number of ether oxygens (including phenoxy) is 1. The van der Waals surface area contributed by atoms with Crippen molar-refractivity contribution in [3.8, 4) is 11.8 Å². The summed E-state index contributed by atoms with van der Waals surface area (Å²) in [5.41, 5.74) is 1.53. The van der Waals surface area contributed by atoms with Crippen molar-refractivity contribution in [1.82, 2.24) is 4.90 Å². The van der Waals surface area contributed by atoms with Gasteiger partial charge in [0.2, 0.25) is 0 Å². The summed E-state index contributed by atoms with van der Waals surface area (Å²) in [5, 5.41) is 8.67. The lowest BCUT2D eigenvalue weighted by Gasteiger charge is -2.24. The molecular weight excluding hydrogens is 228 g/mol. The lowest BCUT2D eigenvalue weighted by Crippen LogP contribution is -2.35. The second-order valence-corrected chi connectivity index (χ2v) is 4.33. The molecule has 0 fully saturated rings. The SMILES string of the molecule is COc1ccc(C)cc1C(=O)N(C)C(C)CC#N. The summed E-state index contributed by atoms with van der Waals surface area (Å²) in [5.74, 6) is 0.430. The van der Waals surface area contributed by atoms with Crippen LogP contribution in [0.4, 0.5) is 0 Å². The molecule has 4 heteroatoms. The third-order valence-electron chi connectivity index (χ3n) is 2.95. The fraction of sp³-hybridized carbons (Fsp3) is 0.429. The Balaban J connectivity index is 3.03. The van der Waals surface area contributed by atoms with Crippen LogP contribution in [0.1, 0.15) is 29.3 Å². The van der Waals surface area contributed by atoms with E-state index in [0.29, 0.717) is 17.7 Å². The van der Waals surface area contributed by atoms with Gasteiger partial charge in [0.05, 0.1) is 25.2 Å². The maximum atomic E-state index is 12.3. The van der Waals surface area contributed by atoms with Gasteiger partial charge >= 0.3 is 0 Å². The van der Waals surface area contributed by atoms with Crippen molar-refractivity contribution in [2.75, 3.05) is 14.2 Å². The minimum absolute atomic E-state index is 0.118. The summed E-state index contributed by atoms with van der Waals surface area (Å²) in [6.07, 6.45) is 0.316. The highest BCUT2D eigenvalue weighted by molar-refractivity contribution is 5.97. The van der Waals surface area contributed by atoms with Crippen molar-refractivity contribution in [1.29, 1.82) is 5.26 Å². The van der Waals surface area contributed by atoms with Crippen molar-refractivity contribution in [2.45, 2.75) is 26.3 Å². The molecule has 1 amide bonds. The van der Waals surface area contributed by atoms with E-state index in [1.165, 1.54) is 0 Å². The van der Waals surface area contributed by atoms with Crippen LogP contribution in [-0.2, 0) is 0 Å². The fourth-order valence-corrected chi connectivity index (χ4v) is 1.65. The normalized spacial score (nSPS) is 11.5. The second kappa shape index (κ2) is 6.06. The van der Waals surface area contributed by atoms with E-state index >= 15 is 0 Å². The van der Waals surface area contributed by atoms with Crippen LogP contribution in [-0.4, -0.2) is 31.0 Å². The number of aryl methyl sites for hydroxylation is 1. The zero-order chi connectivity index (χ0) is 13.7. The van der Waals surface area contributed by atoms with E-state index in [-0.39, 0.29) is 11.9 Å². The second-order valence-electron chi connectivity index (χ2n) is 4.33. The van der Waals surface area contributed by atoms with Crippen LogP contribution in [0.3, 0.4) is 0 Å². The van der Waals surface area contributed by atoms with E-state index in [1.807, 2.05) is 19.9 Å². The third-order valence-corrected chi connectivity index (χ3v) is 2.95. The van der Waals surface area contributed by atoms with Crippen LogP contribution in [0.5, 0.6) is 5.75 Å². The Hall–Kier alpha value is -2.02. The topological polar surface area (TPSA) is 53.3 Å². The number of carbonyl (C=O) groups excluding carboxylic acids is 1. The molecule has 0 aliphatic carbocycles. The third kappa shape index (κ3) is 3.01. The Morgan fingerprint density at radius 1 is 1.56 bits per heavy atom. The number of hydrogen-bond acceptors (Lipinski definition) is 3. The summed E-state index contributed by atoms with van der Waals surface area (Å²) in [4.78, 5) is 13.9. The number of nitrogens with zero attached hydrogens (tertiary/aromatic N) is 2. The van der Waals surface area contributed by atoms with Crippen LogP contribution in [0.15, 0.2) is 18.2 Å². The number of benzene rings is 1. The van der Waals surface area contributed by atoms with Gasteiger partial charge in [-0.15, -0.1) is 0 Å². The van der Waals surface area contributed by atoms with Gasteiger partial charge in [-0.25, -0.2) is 0 Å². The molecule has 0 heterocycles.